The zero-order valence-corrected chi connectivity index (χ0v) is 17.2. The average molecular weight is 483 g/mol. The van der Waals surface area contributed by atoms with Crippen LogP contribution < -0.4 is 10.1 Å². The lowest BCUT2D eigenvalue weighted by Crippen LogP contribution is -2.36. The van der Waals surface area contributed by atoms with Gasteiger partial charge in [-0.25, -0.2) is 13.2 Å². The first-order chi connectivity index (χ1) is 15.5. The van der Waals surface area contributed by atoms with Crippen LogP contribution in [0.3, 0.4) is 0 Å². The molecule has 0 aliphatic carbocycles. The maximum absolute atomic E-state index is 13.7. The van der Waals surface area contributed by atoms with Gasteiger partial charge in [0, 0.05) is 6.07 Å². The van der Waals surface area contributed by atoms with Gasteiger partial charge >= 0.3 is 5.69 Å². The fraction of sp³-hybridized carbons (Fsp3) is 0.105. The molecule has 0 saturated carbocycles. The Hall–Kier alpha value is -4.07. The van der Waals surface area contributed by atoms with Crippen molar-refractivity contribution in [1.82, 2.24) is 4.90 Å². The van der Waals surface area contributed by atoms with Gasteiger partial charge in [-0.15, -0.1) is 0 Å². The maximum atomic E-state index is 13.7. The molecule has 172 valence electrons. The highest BCUT2D eigenvalue weighted by atomic mass is 32.2. The Balaban J connectivity index is 1.80. The highest BCUT2D eigenvalue weighted by molar-refractivity contribution is 8.18. The molecule has 2 aromatic rings. The fourth-order valence-corrected chi connectivity index (χ4v) is 3.57. The highest BCUT2D eigenvalue weighted by Crippen LogP contribution is 2.39. The third-order valence-corrected chi connectivity index (χ3v) is 5.18. The van der Waals surface area contributed by atoms with Gasteiger partial charge in [0.15, 0.2) is 23.2 Å². The summed E-state index contributed by atoms with van der Waals surface area (Å²) >= 11 is 0.426. The molecule has 0 unspecified atom stereocenters. The number of hydrogen-bond acceptors (Lipinski definition) is 8. The van der Waals surface area contributed by atoms with E-state index in [0.717, 1.165) is 25.3 Å². The number of carbonyl (C=O) groups excluding carboxylic acids is 3. The number of aromatic hydroxyl groups is 1. The number of benzene rings is 2. The molecule has 14 heteroatoms. The number of halogens is 3. The molecule has 10 nitrogen and oxygen atoms in total. The normalized spacial score (nSPS) is 14.7. The number of nitro benzene ring substituents is 1. The smallest absolute Gasteiger partial charge is 0.315 e. The van der Waals surface area contributed by atoms with Crippen molar-refractivity contribution in [2.45, 2.75) is 0 Å². The van der Waals surface area contributed by atoms with E-state index < -0.39 is 63.1 Å². The van der Waals surface area contributed by atoms with Crippen LogP contribution in [0.15, 0.2) is 29.2 Å². The van der Waals surface area contributed by atoms with Crippen molar-refractivity contribution >= 4 is 46.3 Å². The van der Waals surface area contributed by atoms with Crippen LogP contribution in [0.1, 0.15) is 5.56 Å². The van der Waals surface area contributed by atoms with Crippen LogP contribution in [0.4, 0.5) is 29.3 Å². The number of rotatable bonds is 6. The molecular formula is C19H12F3N3O7S. The topological polar surface area (TPSA) is 139 Å². The summed E-state index contributed by atoms with van der Waals surface area (Å²) in [5, 5.41) is 22.0. The fourth-order valence-electron chi connectivity index (χ4n) is 2.74. The number of imide groups is 1. The number of nitrogens with zero attached hydrogens (tertiary/aromatic N) is 2. The van der Waals surface area contributed by atoms with Gasteiger partial charge in [0.25, 0.3) is 11.1 Å². The second-order valence-corrected chi connectivity index (χ2v) is 7.38. The summed E-state index contributed by atoms with van der Waals surface area (Å²) in [6, 6.07) is 3.49. The Morgan fingerprint density at radius 1 is 1.27 bits per heavy atom. The van der Waals surface area contributed by atoms with E-state index in [4.69, 9.17) is 4.74 Å². The molecule has 1 saturated heterocycles. The number of thioether (sulfide) groups is 1. The van der Waals surface area contributed by atoms with Crippen molar-refractivity contribution in [2.24, 2.45) is 0 Å². The molecule has 1 aliphatic rings. The first-order valence-corrected chi connectivity index (χ1v) is 9.59. The van der Waals surface area contributed by atoms with E-state index in [1.807, 2.05) is 5.32 Å². The molecule has 2 aromatic carbocycles. The monoisotopic (exact) mass is 483 g/mol. The van der Waals surface area contributed by atoms with Gasteiger partial charge in [-0.05, 0) is 41.6 Å². The van der Waals surface area contributed by atoms with Gasteiger partial charge in [0.1, 0.15) is 6.54 Å². The summed E-state index contributed by atoms with van der Waals surface area (Å²) in [6.45, 7) is -0.862. The second-order valence-electron chi connectivity index (χ2n) is 6.39. The summed E-state index contributed by atoms with van der Waals surface area (Å²) in [6.07, 6.45) is 1.12. The largest absolute Gasteiger partial charge is 0.500 e. The van der Waals surface area contributed by atoms with Crippen molar-refractivity contribution in [1.29, 1.82) is 0 Å². The number of carbonyl (C=O) groups is 3. The summed E-state index contributed by atoms with van der Waals surface area (Å²) in [5.74, 6) is -7.89. The molecular weight excluding hydrogens is 471 g/mol. The van der Waals surface area contributed by atoms with Crippen molar-refractivity contribution < 1.29 is 42.3 Å². The highest BCUT2D eigenvalue weighted by Gasteiger charge is 2.36. The predicted octanol–water partition coefficient (Wildman–Crippen LogP) is 3.40. The Kier molecular flexibility index (Phi) is 6.57. The van der Waals surface area contributed by atoms with Crippen LogP contribution in [0.25, 0.3) is 6.08 Å². The summed E-state index contributed by atoms with van der Waals surface area (Å²) in [4.78, 5) is 47.4. The van der Waals surface area contributed by atoms with E-state index in [1.54, 1.807) is 0 Å². The minimum Gasteiger partial charge on any atom is -0.500 e. The number of ether oxygens (including phenoxy) is 1. The summed E-state index contributed by atoms with van der Waals surface area (Å²) in [5.41, 5.74) is -1.34. The van der Waals surface area contributed by atoms with Gasteiger partial charge in [-0.1, -0.05) is 0 Å². The van der Waals surface area contributed by atoms with Crippen LogP contribution in [0.2, 0.25) is 0 Å². The lowest BCUT2D eigenvalue weighted by molar-refractivity contribution is -0.386. The Morgan fingerprint density at radius 2 is 1.97 bits per heavy atom. The van der Waals surface area contributed by atoms with E-state index in [9.17, 15) is 42.8 Å². The van der Waals surface area contributed by atoms with Gasteiger partial charge in [-0.2, -0.15) is 0 Å². The molecule has 0 radical (unpaired) electrons. The summed E-state index contributed by atoms with van der Waals surface area (Å²) in [7, 11) is 1.16. The molecule has 2 N–H and O–H groups in total. The van der Waals surface area contributed by atoms with E-state index in [2.05, 4.69) is 0 Å². The lowest BCUT2D eigenvalue weighted by Gasteiger charge is -2.13. The number of anilines is 1. The zero-order chi connectivity index (χ0) is 24.4. The SMILES string of the molecule is COc1cc(/C=C2/SC(=O)N(CC(=O)Nc3ccc(F)c(F)c3F)C2=O)cc([N+](=O)[O-])c1O. The van der Waals surface area contributed by atoms with Gasteiger partial charge in [0.05, 0.1) is 22.6 Å². The van der Waals surface area contributed by atoms with Crippen molar-refractivity contribution in [3.05, 3.63) is 62.3 Å². The van der Waals surface area contributed by atoms with Gasteiger partial charge in [-0.3, -0.25) is 29.4 Å². The first-order valence-electron chi connectivity index (χ1n) is 8.77. The number of phenolic OH excluding ortho intramolecular Hbond substituents is 1. The minimum atomic E-state index is -1.81. The molecule has 3 amide bonds. The van der Waals surface area contributed by atoms with Crippen molar-refractivity contribution in [3.8, 4) is 11.5 Å². The molecule has 1 aliphatic heterocycles. The van der Waals surface area contributed by atoms with E-state index in [0.29, 0.717) is 22.7 Å². The van der Waals surface area contributed by atoms with Crippen LogP contribution in [-0.2, 0) is 9.59 Å². The Labute approximate surface area is 186 Å². The summed E-state index contributed by atoms with van der Waals surface area (Å²) < 4.78 is 44.8. The quantitative estimate of drug-likeness (QED) is 0.276. The standard InChI is InChI=1S/C19H12F3N3O7S/c1-32-12-5-8(4-11(17(12)27)25(30)31)6-13-18(28)24(19(29)33-13)7-14(26)23-10-3-2-9(20)15(21)16(10)22/h2-6,27H,7H2,1H3,(H,23,26)/b13-6+. The molecule has 3 rings (SSSR count). The molecule has 0 spiro atoms. The maximum Gasteiger partial charge on any atom is 0.315 e. The van der Waals surface area contributed by atoms with E-state index in [-0.39, 0.29) is 16.2 Å². The van der Waals surface area contributed by atoms with Crippen molar-refractivity contribution in [2.75, 3.05) is 19.0 Å². The molecule has 1 heterocycles. The minimum absolute atomic E-state index is 0.0511. The van der Waals surface area contributed by atoms with Gasteiger partial charge in [0.2, 0.25) is 11.7 Å². The van der Waals surface area contributed by atoms with Crippen LogP contribution in [0, 0.1) is 27.6 Å². The number of methoxy groups -OCH3 is 1. The zero-order valence-electron chi connectivity index (χ0n) is 16.4. The Bertz CT molecular complexity index is 1240. The Morgan fingerprint density at radius 3 is 2.61 bits per heavy atom. The van der Waals surface area contributed by atoms with Crippen molar-refractivity contribution in [3.63, 3.8) is 0 Å². The molecule has 1 fully saturated rings. The van der Waals surface area contributed by atoms with Crippen LogP contribution >= 0.6 is 11.8 Å². The third-order valence-electron chi connectivity index (χ3n) is 4.28. The van der Waals surface area contributed by atoms with Crippen LogP contribution in [0.5, 0.6) is 11.5 Å². The third kappa shape index (κ3) is 4.74. The van der Waals surface area contributed by atoms with Crippen LogP contribution in [-0.4, -0.2) is 45.6 Å². The molecule has 33 heavy (non-hydrogen) atoms. The number of amides is 3. The number of hydrogen-bond donors (Lipinski definition) is 2. The number of nitrogens with one attached hydrogen (secondary N) is 1. The first kappa shape index (κ1) is 23.6. The second kappa shape index (κ2) is 9.20. The van der Waals surface area contributed by atoms with Gasteiger partial charge < -0.3 is 15.2 Å². The molecule has 0 aromatic heterocycles. The number of phenols is 1. The predicted molar refractivity (Wildman–Crippen MR) is 109 cm³/mol. The average Bonchev–Trinajstić information content (AvgIpc) is 3.02. The molecule has 0 atom stereocenters. The lowest BCUT2D eigenvalue weighted by atomic mass is 10.1. The molecule has 0 bridgehead atoms. The number of nitro groups is 1. The van der Waals surface area contributed by atoms with E-state index in [1.165, 1.54) is 6.07 Å². The van der Waals surface area contributed by atoms with E-state index >= 15 is 0 Å².